The van der Waals surface area contributed by atoms with Crippen LogP contribution in [0.3, 0.4) is 0 Å². The van der Waals surface area contributed by atoms with Gasteiger partial charge in [-0.1, -0.05) is 128 Å². The summed E-state index contributed by atoms with van der Waals surface area (Å²) in [6, 6.07) is 13.2. The second-order valence-corrected chi connectivity index (χ2v) is 9.58. The summed E-state index contributed by atoms with van der Waals surface area (Å²) in [4.78, 5) is 0. The Hall–Kier alpha value is 1.05. The molecule has 0 bridgehead atoms. The van der Waals surface area contributed by atoms with Crippen LogP contribution >= 0.6 is 0 Å². The quantitative estimate of drug-likeness (QED) is 0.506. The summed E-state index contributed by atoms with van der Waals surface area (Å²) in [5.41, 5.74) is 9.43. The minimum absolute atomic E-state index is 0. The summed E-state index contributed by atoms with van der Waals surface area (Å²) in [7, 11) is 0. The molecule has 32 heavy (non-hydrogen) atoms. The molecule has 0 aliphatic rings. The molecule has 0 atom stereocenters. The average Bonchev–Trinajstić information content (AvgIpc) is 2.67. The maximum absolute atomic E-state index is 5.13. The number of benzene rings is 2. The Morgan fingerprint density at radius 3 is 0.906 bits per heavy atom. The Kier molecular flexibility index (Phi) is 15.7. The maximum atomic E-state index is 5.13. The van der Waals surface area contributed by atoms with E-state index in [9.17, 15) is 0 Å². The van der Waals surface area contributed by atoms with Gasteiger partial charge in [0.05, 0.1) is 0 Å². The third-order valence-electron chi connectivity index (χ3n) is 5.77. The Morgan fingerprint density at radius 1 is 0.500 bits per heavy atom. The summed E-state index contributed by atoms with van der Waals surface area (Å²) in [5.74, 6) is 1.73. The van der Waals surface area contributed by atoms with Crippen molar-refractivity contribution in [3.63, 3.8) is 0 Å². The third-order valence-corrected chi connectivity index (χ3v) is 5.77. The van der Waals surface area contributed by atoms with E-state index in [1.54, 1.807) is 0 Å². The number of nitrogens with zero attached hydrogens (tertiary/aromatic N) is 2. The molecule has 2 aromatic carbocycles. The van der Waals surface area contributed by atoms with E-state index in [1.807, 2.05) is 0 Å². The first-order valence-electron chi connectivity index (χ1n) is 11.4. The van der Waals surface area contributed by atoms with Crippen molar-refractivity contribution in [1.82, 2.24) is 0 Å². The van der Waals surface area contributed by atoms with Gasteiger partial charge in [0.25, 0.3) is 0 Å². The van der Waals surface area contributed by atoms with Crippen molar-refractivity contribution in [2.45, 2.75) is 92.9 Å². The van der Waals surface area contributed by atoms with Gasteiger partial charge in [-0.25, -0.2) is 0 Å². The van der Waals surface area contributed by atoms with Crippen LogP contribution in [0.4, 0.5) is 11.4 Å². The summed E-state index contributed by atoms with van der Waals surface area (Å²) < 4.78 is 0. The number of para-hydroxylation sites is 2. The van der Waals surface area contributed by atoms with Crippen LogP contribution in [0.1, 0.15) is 115 Å². The van der Waals surface area contributed by atoms with Crippen molar-refractivity contribution in [2.75, 3.05) is 0 Å². The standard InChI is InChI=1S/C28H40N2.2K/c1-17(2)23-13-11-14-24(18(3)4)27(23)29-21(9)22(10)30-28-25(19(5)6)15-12-16-26(28)20(7)8;;/h11-20H,1-10H3;;/q-2;2*+1/b22-21-;;. The van der Waals surface area contributed by atoms with Crippen LogP contribution in [-0.2, 0) is 0 Å². The van der Waals surface area contributed by atoms with Crippen LogP contribution < -0.4 is 103 Å². The van der Waals surface area contributed by atoms with Gasteiger partial charge in [0.1, 0.15) is 0 Å². The first-order chi connectivity index (χ1) is 14.0. The first kappa shape index (κ1) is 33.1. The van der Waals surface area contributed by atoms with Gasteiger partial charge in [-0.15, -0.1) is 11.4 Å². The fourth-order valence-electron chi connectivity index (χ4n) is 3.78. The van der Waals surface area contributed by atoms with Crippen molar-refractivity contribution in [2.24, 2.45) is 0 Å². The Balaban J connectivity index is 0.00000480. The third kappa shape index (κ3) is 8.62. The molecular weight excluding hydrogens is 443 g/mol. The smallest absolute Gasteiger partial charge is 0.662 e. The summed E-state index contributed by atoms with van der Waals surface area (Å²) >= 11 is 0. The molecule has 0 aromatic heterocycles. The average molecular weight is 483 g/mol. The van der Waals surface area contributed by atoms with E-state index in [0.717, 1.165) is 22.8 Å². The van der Waals surface area contributed by atoms with E-state index < -0.39 is 0 Å². The van der Waals surface area contributed by atoms with Crippen LogP contribution in [0, 0.1) is 0 Å². The van der Waals surface area contributed by atoms with Gasteiger partial charge < -0.3 is 10.6 Å². The van der Waals surface area contributed by atoms with E-state index in [4.69, 9.17) is 10.6 Å². The molecule has 2 aromatic rings. The Morgan fingerprint density at radius 2 is 0.719 bits per heavy atom. The van der Waals surface area contributed by atoms with E-state index in [0.29, 0.717) is 23.7 Å². The van der Waals surface area contributed by atoms with E-state index in [2.05, 4.69) is 106 Å². The predicted molar refractivity (Wildman–Crippen MR) is 134 cm³/mol. The molecule has 0 saturated heterocycles. The second kappa shape index (κ2) is 15.2. The fraction of sp³-hybridized carbons (Fsp3) is 0.500. The van der Waals surface area contributed by atoms with Crippen LogP contribution in [0.15, 0.2) is 47.8 Å². The molecule has 0 spiro atoms. The first-order valence-corrected chi connectivity index (χ1v) is 11.4. The minimum Gasteiger partial charge on any atom is -0.662 e. The second-order valence-electron chi connectivity index (χ2n) is 9.58. The van der Waals surface area contributed by atoms with E-state index in [1.165, 1.54) is 22.3 Å². The fourth-order valence-corrected chi connectivity index (χ4v) is 3.78. The van der Waals surface area contributed by atoms with Gasteiger partial charge in [0.2, 0.25) is 0 Å². The number of rotatable bonds is 8. The largest absolute Gasteiger partial charge is 1.00 e. The molecule has 2 nitrogen and oxygen atoms in total. The summed E-state index contributed by atoms with van der Waals surface area (Å²) in [6.07, 6.45) is 0. The monoisotopic (exact) mass is 482 g/mol. The van der Waals surface area contributed by atoms with Crippen LogP contribution in [0.2, 0.25) is 0 Å². The Bertz CT molecular complexity index is 770. The van der Waals surface area contributed by atoms with Crippen LogP contribution in [0.25, 0.3) is 10.6 Å². The molecule has 2 rings (SSSR count). The van der Waals surface area contributed by atoms with E-state index >= 15 is 0 Å². The molecule has 4 heteroatoms. The van der Waals surface area contributed by atoms with Crippen molar-refractivity contribution in [3.8, 4) is 0 Å². The number of allylic oxidation sites excluding steroid dienone is 2. The van der Waals surface area contributed by atoms with Crippen molar-refractivity contribution >= 4 is 11.4 Å². The Labute approximate surface area is 283 Å². The molecule has 0 saturated carbocycles. The van der Waals surface area contributed by atoms with Crippen molar-refractivity contribution in [1.29, 1.82) is 0 Å². The molecule has 0 aliphatic heterocycles. The van der Waals surface area contributed by atoms with Crippen LogP contribution in [-0.4, -0.2) is 0 Å². The number of hydrogen-bond donors (Lipinski definition) is 0. The zero-order chi connectivity index (χ0) is 22.6. The number of hydrogen-bond acceptors (Lipinski definition) is 0. The summed E-state index contributed by atoms with van der Waals surface area (Å²) in [5, 5.41) is 10.3. The summed E-state index contributed by atoms with van der Waals surface area (Å²) in [6.45, 7) is 22.1. The molecule has 0 radical (unpaired) electrons. The molecule has 0 amide bonds. The van der Waals surface area contributed by atoms with E-state index in [-0.39, 0.29) is 103 Å². The normalized spacial score (nSPS) is 11.9. The molecule has 0 unspecified atom stereocenters. The van der Waals surface area contributed by atoms with Gasteiger partial charge in [-0.3, -0.25) is 0 Å². The van der Waals surface area contributed by atoms with Crippen molar-refractivity contribution in [3.05, 3.63) is 80.7 Å². The zero-order valence-electron chi connectivity index (χ0n) is 22.7. The minimum atomic E-state index is 0. The van der Waals surface area contributed by atoms with Crippen molar-refractivity contribution < 1.29 is 103 Å². The predicted octanol–water partition coefficient (Wildman–Crippen LogP) is 4.15. The maximum Gasteiger partial charge on any atom is 1.00 e. The SMILES string of the molecule is C/C([N-]c1c(C(C)C)cccc1C(C)C)=C(\C)[N-]c1c(C(C)C)cccc1C(C)C.[K+].[K+]. The van der Waals surface area contributed by atoms with Gasteiger partial charge in [0.15, 0.2) is 0 Å². The molecule has 0 heterocycles. The molecule has 164 valence electrons. The van der Waals surface area contributed by atoms with Crippen LogP contribution in [0.5, 0.6) is 0 Å². The van der Waals surface area contributed by atoms with Gasteiger partial charge in [0, 0.05) is 0 Å². The molecule has 0 aliphatic carbocycles. The van der Waals surface area contributed by atoms with Gasteiger partial charge >= 0.3 is 103 Å². The molecule has 0 N–H and O–H groups in total. The molecule has 0 fully saturated rings. The van der Waals surface area contributed by atoms with Gasteiger partial charge in [-0.2, -0.15) is 11.4 Å². The van der Waals surface area contributed by atoms with Gasteiger partial charge in [-0.05, 0) is 23.7 Å². The zero-order valence-corrected chi connectivity index (χ0v) is 28.9. The topological polar surface area (TPSA) is 28.2 Å². The molecular formula is C28H40K2N2.